The summed E-state index contributed by atoms with van der Waals surface area (Å²) in [5.41, 5.74) is 8.67. The van der Waals surface area contributed by atoms with Crippen LogP contribution in [0.5, 0.6) is 0 Å². The van der Waals surface area contributed by atoms with E-state index in [1.807, 2.05) is 47.6 Å². The highest BCUT2D eigenvalue weighted by Crippen LogP contribution is 2.26. The smallest absolute Gasteiger partial charge is 0.269 e. The topological polar surface area (TPSA) is 54.6 Å². The maximum absolute atomic E-state index is 13.2. The number of amides is 1. The molecule has 1 fully saturated rings. The molecule has 0 unspecified atom stereocenters. The summed E-state index contributed by atoms with van der Waals surface area (Å²) in [5.74, 6) is -0.111. The summed E-state index contributed by atoms with van der Waals surface area (Å²) >= 11 is 0. The molecule has 0 aliphatic carbocycles. The van der Waals surface area contributed by atoms with Crippen molar-refractivity contribution in [2.45, 2.75) is 13.8 Å². The first kappa shape index (κ1) is 19.4. The number of para-hydroxylation sites is 1. The number of aryl methyl sites for hydroxylation is 2. The molecule has 29 heavy (non-hydrogen) atoms. The number of nitrogens with one attached hydrogen (secondary N) is 2. The number of likely N-dealkylation sites (N-methyl/N-ethyl adjacent to an activating group) is 1. The van der Waals surface area contributed by atoms with Gasteiger partial charge in [0.1, 0.15) is 5.69 Å². The van der Waals surface area contributed by atoms with E-state index in [1.165, 1.54) is 16.0 Å². The zero-order valence-electron chi connectivity index (χ0n) is 17.3. The van der Waals surface area contributed by atoms with Crippen LogP contribution in [0.3, 0.4) is 0 Å². The monoisotopic (exact) mass is 390 g/mol. The van der Waals surface area contributed by atoms with Crippen LogP contribution in [0.4, 0.5) is 0 Å². The summed E-state index contributed by atoms with van der Waals surface area (Å²) in [6.07, 6.45) is 1.83. The third-order valence-corrected chi connectivity index (χ3v) is 5.64. The lowest BCUT2D eigenvalue weighted by Crippen LogP contribution is -3.12. The quantitative estimate of drug-likeness (QED) is 0.712. The van der Waals surface area contributed by atoms with Crippen molar-refractivity contribution in [3.63, 3.8) is 0 Å². The van der Waals surface area contributed by atoms with Crippen molar-refractivity contribution in [2.75, 3.05) is 33.2 Å². The van der Waals surface area contributed by atoms with Crippen LogP contribution in [-0.4, -0.2) is 53.9 Å². The first-order valence-corrected chi connectivity index (χ1v) is 10.1. The van der Waals surface area contributed by atoms with Crippen LogP contribution in [0, 0.1) is 13.8 Å². The maximum atomic E-state index is 13.2. The Bertz CT molecular complexity index is 1000. The van der Waals surface area contributed by atoms with Gasteiger partial charge < -0.3 is 4.90 Å². The van der Waals surface area contributed by atoms with Crippen LogP contribution in [-0.2, 0) is 0 Å². The average Bonchev–Trinajstić information content (AvgIpc) is 3.18. The standard InChI is InChI=1S/C23H27N5O/c1-17-9-10-19(15-18(17)2)22-21(16-28(24-22)20-7-5-4-6-8-20)23(29)25-27-13-11-26(3)12-14-27/h4-10,15-16H,11-14H2,1-3H3,(H,25,29)/p+1. The third-order valence-electron chi connectivity index (χ3n) is 5.64. The summed E-state index contributed by atoms with van der Waals surface area (Å²) in [6.45, 7) is 7.91. The molecule has 1 aliphatic heterocycles. The summed E-state index contributed by atoms with van der Waals surface area (Å²) in [6, 6.07) is 16.1. The molecular weight excluding hydrogens is 362 g/mol. The number of aromatic nitrogens is 2. The van der Waals surface area contributed by atoms with E-state index in [0.717, 1.165) is 37.4 Å². The lowest BCUT2D eigenvalue weighted by atomic mass is 10.0. The Morgan fingerprint density at radius 3 is 2.45 bits per heavy atom. The number of nitrogens with zero attached hydrogens (tertiary/aromatic N) is 3. The summed E-state index contributed by atoms with van der Waals surface area (Å²) in [4.78, 5) is 14.7. The molecule has 0 saturated carbocycles. The molecule has 0 radical (unpaired) electrons. The fraction of sp³-hybridized carbons (Fsp3) is 0.304. The Morgan fingerprint density at radius 1 is 1.03 bits per heavy atom. The van der Waals surface area contributed by atoms with Gasteiger partial charge in [-0.3, -0.25) is 10.2 Å². The van der Waals surface area contributed by atoms with Gasteiger partial charge in [-0.2, -0.15) is 5.10 Å². The Labute approximate surface area is 171 Å². The Hall–Kier alpha value is -2.96. The lowest BCUT2D eigenvalue weighted by Gasteiger charge is -2.30. The van der Waals surface area contributed by atoms with Gasteiger partial charge in [0.15, 0.2) is 0 Å². The van der Waals surface area contributed by atoms with E-state index in [4.69, 9.17) is 5.10 Å². The van der Waals surface area contributed by atoms with Crippen molar-refractivity contribution >= 4 is 5.91 Å². The van der Waals surface area contributed by atoms with Crippen LogP contribution >= 0.6 is 0 Å². The third kappa shape index (κ3) is 4.23. The van der Waals surface area contributed by atoms with Crippen LogP contribution in [0.15, 0.2) is 54.7 Å². The minimum absolute atomic E-state index is 0.111. The van der Waals surface area contributed by atoms with E-state index in [0.29, 0.717) is 11.3 Å². The Morgan fingerprint density at radius 2 is 1.76 bits per heavy atom. The Kier molecular flexibility index (Phi) is 5.47. The molecule has 1 aromatic heterocycles. The molecule has 4 rings (SSSR count). The van der Waals surface area contributed by atoms with Gasteiger partial charge in [0.05, 0.1) is 44.5 Å². The van der Waals surface area contributed by atoms with Crippen molar-refractivity contribution in [1.29, 1.82) is 0 Å². The molecular formula is C23H28N5O+. The fourth-order valence-corrected chi connectivity index (χ4v) is 3.56. The number of hydrogen-bond donors (Lipinski definition) is 2. The molecule has 3 aromatic rings. The number of benzene rings is 2. The van der Waals surface area contributed by atoms with Crippen LogP contribution in [0.1, 0.15) is 21.5 Å². The van der Waals surface area contributed by atoms with Gasteiger partial charge in [-0.05, 0) is 43.2 Å². The predicted octanol–water partition coefficient (Wildman–Crippen LogP) is 1.63. The first-order valence-electron chi connectivity index (χ1n) is 10.1. The molecule has 2 N–H and O–H groups in total. The van der Waals surface area contributed by atoms with E-state index in [9.17, 15) is 4.79 Å². The second kappa shape index (κ2) is 8.19. The predicted molar refractivity (Wildman–Crippen MR) is 114 cm³/mol. The molecule has 1 saturated heterocycles. The van der Waals surface area contributed by atoms with Crippen molar-refractivity contribution < 1.29 is 9.69 Å². The molecule has 0 spiro atoms. The van der Waals surface area contributed by atoms with Crippen molar-refractivity contribution in [1.82, 2.24) is 20.2 Å². The lowest BCUT2D eigenvalue weighted by molar-refractivity contribution is -0.884. The second-order valence-corrected chi connectivity index (χ2v) is 7.86. The highest BCUT2D eigenvalue weighted by atomic mass is 16.2. The zero-order chi connectivity index (χ0) is 20.4. The van der Waals surface area contributed by atoms with Crippen LogP contribution in [0.25, 0.3) is 16.9 Å². The van der Waals surface area contributed by atoms with Gasteiger partial charge in [0.25, 0.3) is 5.91 Å². The number of carbonyl (C=O) groups excluding carboxylic acids is 1. The SMILES string of the molecule is Cc1ccc(-c2nn(-c3ccccc3)cc2C(=O)NN2CC[NH+](C)CC2)cc1C. The first-order chi connectivity index (χ1) is 14.0. The number of piperazine rings is 1. The van der Waals surface area contributed by atoms with Crippen molar-refractivity contribution in [3.8, 4) is 16.9 Å². The van der Waals surface area contributed by atoms with Crippen molar-refractivity contribution in [2.24, 2.45) is 0 Å². The van der Waals surface area contributed by atoms with Gasteiger partial charge in [-0.1, -0.05) is 30.3 Å². The normalized spacial score (nSPS) is 15.4. The maximum Gasteiger partial charge on any atom is 0.269 e. The molecule has 6 nitrogen and oxygen atoms in total. The summed E-state index contributed by atoms with van der Waals surface area (Å²) in [7, 11) is 2.18. The van der Waals surface area contributed by atoms with Crippen LogP contribution < -0.4 is 10.3 Å². The van der Waals surface area contributed by atoms with E-state index in [-0.39, 0.29) is 5.91 Å². The highest BCUT2D eigenvalue weighted by Gasteiger charge is 2.23. The minimum atomic E-state index is -0.111. The number of hydrazine groups is 1. The number of carbonyl (C=O) groups is 1. The van der Waals surface area contributed by atoms with Gasteiger partial charge in [0.2, 0.25) is 0 Å². The molecule has 1 amide bonds. The highest BCUT2D eigenvalue weighted by molar-refractivity contribution is 5.99. The molecule has 2 heterocycles. The molecule has 150 valence electrons. The van der Waals surface area contributed by atoms with E-state index < -0.39 is 0 Å². The number of hydrogen-bond acceptors (Lipinski definition) is 3. The second-order valence-electron chi connectivity index (χ2n) is 7.86. The average molecular weight is 391 g/mol. The van der Waals surface area contributed by atoms with E-state index in [1.54, 1.807) is 4.68 Å². The summed E-state index contributed by atoms with van der Waals surface area (Å²) < 4.78 is 1.79. The molecule has 1 aliphatic rings. The number of rotatable bonds is 4. The molecule has 0 atom stereocenters. The van der Waals surface area contributed by atoms with Gasteiger partial charge >= 0.3 is 0 Å². The largest absolute Gasteiger partial charge is 0.335 e. The Balaban J connectivity index is 1.69. The summed E-state index contributed by atoms with van der Waals surface area (Å²) in [5, 5.41) is 6.79. The molecule has 6 heteroatoms. The van der Waals surface area contributed by atoms with E-state index in [2.05, 4.69) is 38.5 Å². The van der Waals surface area contributed by atoms with Gasteiger partial charge in [-0.25, -0.2) is 9.69 Å². The van der Waals surface area contributed by atoms with E-state index >= 15 is 0 Å². The van der Waals surface area contributed by atoms with Crippen LogP contribution in [0.2, 0.25) is 0 Å². The van der Waals surface area contributed by atoms with Gasteiger partial charge in [-0.15, -0.1) is 0 Å². The molecule has 0 bridgehead atoms. The zero-order valence-corrected chi connectivity index (χ0v) is 17.3. The number of quaternary nitrogens is 1. The fourth-order valence-electron chi connectivity index (χ4n) is 3.56. The molecule has 2 aromatic carbocycles. The van der Waals surface area contributed by atoms with Crippen molar-refractivity contribution in [3.05, 3.63) is 71.4 Å². The minimum Gasteiger partial charge on any atom is -0.335 e. The van der Waals surface area contributed by atoms with Gasteiger partial charge in [0, 0.05) is 11.8 Å².